The van der Waals surface area contributed by atoms with Gasteiger partial charge in [-0.05, 0) is 143 Å². The monoisotopic (exact) mass is 630 g/mol. The minimum absolute atomic E-state index is 0.0632. The summed E-state index contributed by atoms with van der Waals surface area (Å²) >= 11 is 0. The van der Waals surface area contributed by atoms with Crippen LogP contribution in [0.15, 0.2) is 11.6 Å². The second-order valence-electron chi connectivity index (χ2n) is 16.5. The van der Waals surface area contributed by atoms with E-state index in [-0.39, 0.29) is 23.8 Å². The van der Waals surface area contributed by atoms with E-state index in [1.165, 1.54) is 51.4 Å². The van der Waals surface area contributed by atoms with Crippen LogP contribution >= 0.6 is 0 Å². The molecule has 3 fully saturated rings. The molecule has 0 radical (unpaired) electrons. The van der Waals surface area contributed by atoms with Crippen molar-refractivity contribution in [1.82, 2.24) is 10.2 Å². The fourth-order valence-corrected chi connectivity index (χ4v) is 10.5. The molecule has 0 aliphatic heterocycles. The van der Waals surface area contributed by atoms with Crippen molar-refractivity contribution in [1.29, 1.82) is 0 Å². The summed E-state index contributed by atoms with van der Waals surface area (Å²) in [6, 6.07) is 0. The Morgan fingerprint density at radius 3 is 2.47 bits per heavy atom. The Hall–Kier alpha value is -1.15. The van der Waals surface area contributed by atoms with Gasteiger partial charge in [0, 0.05) is 13.0 Å². The summed E-state index contributed by atoms with van der Waals surface area (Å²) in [4.78, 5) is 15.2. The van der Waals surface area contributed by atoms with E-state index in [0.29, 0.717) is 24.9 Å². The van der Waals surface area contributed by atoms with Crippen molar-refractivity contribution in [2.75, 3.05) is 32.7 Å². The zero-order valence-electron chi connectivity index (χ0n) is 29.8. The molecular weight excluding hydrogens is 558 g/mol. The van der Waals surface area contributed by atoms with Crippen LogP contribution in [-0.4, -0.2) is 56.0 Å². The molecular formula is C38H71N5O2. The largest absolute Gasteiger partial charge is 0.446 e. The molecule has 1 amide bonds. The second kappa shape index (κ2) is 16.8. The molecule has 9 atom stereocenters. The zero-order valence-corrected chi connectivity index (χ0v) is 29.8. The van der Waals surface area contributed by atoms with Crippen LogP contribution < -0.4 is 22.5 Å². The van der Waals surface area contributed by atoms with Crippen molar-refractivity contribution in [3.63, 3.8) is 0 Å². The van der Waals surface area contributed by atoms with Crippen LogP contribution in [0.25, 0.3) is 0 Å². The number of fused-ring (bicyclic) bond motifs is 5. The first-order valence-electron chi connectivity index (χ1n) is 19.1. The minimum Gasteiger partial charge on any atom is -0.446 e. The van der Waals surface area contributed by atoms with E-state index in [4.69, 9.17) is 21.9 Å². The molecule has 260 valence electrons. The van der Waals surface area contributed by atoms with Gasteiger partial charge in [0.05, 0.1) is 6.17 Å². The molecule has 0 heterocycles. The van der Waals surface area contributed by atoms with Crippen LogP contribution in [0.2, 0.25) is 0 Å². The first-order chi connectivity index (χ1) is 21.5. The molecule has 0 bridgehead atoms. The summed E-state index contributed by atoms with van der Waals surface area (Å²) in [6.45, 7) is 16.0. The third-order valence-corrected chi connectivity index (χ3v) is 13.2. The predicted octanol–water partition coefficient (Wildman–Crippen LogP) is 7.19. The number of nitrogens with zero attached hydrogens (tertiary/aromatic N) is 1. The molecule has 0 aromatic rings. The number of ether oxygens (including phenoxy) is 1. The molecule has 0 aromatic heterocycles. The number of hydrogen-bond donors (Lipinski definition) is 4. The van der Waals surface area contributed by atoms with Crippen LogP contribution in [0.4, 0.5) is 4.79 Å². The molecule has 0 spiro atoms. The van der Waals surface area contributed by atoms with Crippen LogP contribution in [-0.2, 0) is 4.74 Å². The van der Waals surface area contributed by atoms with Crippen molar-refractivity contribution in [2.45, 2.75) is 143 Å². The predicted molar refractivity (Wildman–Crippen MR) is 187 cm³/mol. The van der Waals surface area contributed by atoms with Crippen molar-refractivity contribution >= 4 is 6.09 Å². The van der Waals surface area contributed by atoms with Crippen LogP contribution in [0, 0.1) is 46.3 Å². The molecule has 4 aliphatic rings. The standard InChI is InChI=1S/C38H71N5O2/c1-27(2)10-8-11-28(3)32-14-15-33-31-13-12-29-26-30(16-19-37(29,4)34(31)17-20-38(32,33)5)45-36(44)43(25-9-22-40)35(41)18-24-42-23-7-6-21-39/h12,27-28,30-35,42H,6-11,13-26,39-41H2,1-5H3/t28-,30+,31+,32-,33+,34+,35?,37+,38-/m1/s1. The molecule has 0 saturated heterocycles. The summed E-state index contributed by atoms with van der Waals surface area (Å²) in [5, 5.41) is 3.43. The van der Waals surface area contributed by atoms with Gasteiger partial charge in [0.2, 0.25) is 0 Å². The summed E-state index contributed by atoms with van der Waals surface area (Å²) in [5.41, 5.74) is 20.3. The molecule has 1 unspecified atom stereocenters. The van der Waals surface area contributed by atoms with Gasteiger partial charge >= 0.3 is 6.09 Å². The first-order valence-corrected chi connectivity index (χ1v) is 19.1. The lowest BCUT2D eigenvalue weighted by Gasteiger charge is -2.58. The summed E-state index contributed by atoms with van der Waals surface area (Å²) < 4.78 is 6.22. The number of rotatable bonds is 17. The molecule has 45 heavy (non-hydrogen) atoms. The highest BCUT2D eigenvalue weighted by Crippen LogP contribution is 2.67. The third-order valence-electron chi connectivity index (χ3n) is 13.2. The molecule has 0 aromatic carbocycles. The van der Waals surface area contributed by atoms with E-state index in [9.17, 15) is 4.79 Å². The maximum atomic E-state index is 13.5. The van der Waals surface area contributed by atoms with Crippen LogP contribution in [0.5, 0.6) is 0 Å². The molecule has 7 nitrogen and oxygen atoms in total. The van der Waals surface area contributed by atoms with Gasteiger partial charge in [-0.1, -0.05) is 65.5 Å². The van der Waals surface area contributed by atoms with E-state index in [0.717, 1.165) is 93.7 Å². The topological polar surface area (TPSA) is 120 Å². The van der Waals surface area contributed by atoms with E-state index >= 15 is 0 Å². The van der Waals surface area contributed by atoms with Gasteiger partial charge in [-0.25, -0.2) is 4.79 Å². The van der Waals surface area contributed by atoms with Crippen molar-refractivity contribution < 1.29 is 9.53 Å². The smallest absolute Gasteiger partial charge is 0.411 e. The van der Waals surface area contributed by atoms with Gasteiger partial charge < -0.3 is 27.3 Å². The van der Waals surface area contributed by atoms with Crippen molar-refractivity contribution in [2.24, 2.45) is 63.5 Å². The molecule has 3 saturated carbocycles. The molecule has 4 rings (SSSR count). The van der Waals surface area contributed by atoms with Gasteiger partial charge in [-0.3, -0.25) is 4.90 Å². The number of nitrogens with one attached hydrogen (secondary N) is 1. The summed E-state index contributed by atoms with van der Waals surface area (Å²) in [7, 11) is 0. The zero-order chi connectivity index (χ0) is 32.6. The number of allylic oxidation sites excluding steroid dienone is 1. The van der Waals surface area contributed by atoms with Gasteiger partial charge in [0.25, 0.3) is 0 Å². The highest BCUT2D eigenvalue weighted by molar-refractivity contribution is 5.68. The minimum atomic E-state index is -0.376. The van der Waals surface area contributed by atoms with E-state index in [2.05, 4.69) is 46.0 Å². The Labute approximate surface area is 276 Å². The van der Waals surface area contributed by atoms with Crippen LogP contribution in [0.1, 0.15) is 131 Å². The maximum absolute atomic E-state index is 13.5. The highest BCUT2D eigenvalue weighted by atomic mass is 16.6. The van der Waals surface area contributed by atoms with Gasteiger partial charge in [0.1, 0.15) is 6.10 Å². The highest BCUT2D eigenvalue weighted by Gasteiger charge is 2.59. The number of carbonyl (C=O) groups excluding carboxylic acids is 1. The summed E-state index contributed by atoms with van der Waals surface area (Å²) in [6.07, 6.45) is 19.3. The average Bonchev–Trinajstić information content (AvgIpc) is 3.36. The Morgan fingerprint density at radius 2 is 1.73 bits per heavy atom. The Bertz CT molecular complexity index is 956. The lowest BCUT2D eigenvalue weighted by molar-refractivity contribution is -0.0597. The van der Waals surface area contributed by atoms with E-state index in [1.807, 2.05) is 0 Å². The second-order valence-corrected chi connectivity index (χ2v) is 16.5. The van der Waals surface area contributed by atoms with Gasteiger partial charge in [0.15, 0.2) is 0 Å². The average molecular weight is 630 g/mol. The normalized spacial score (nSPS) is 34.0. The lowest BCUT2D eigenvalue weighted by Crippen LogP contribution is -2.52. The maximum Gasteiger partial charge on any atom is 0.411 e. The molecule has 7 heteroatoms. The Balaban J connectivity index is 1.34. The van der Waals surface area contributed by atoms with Crippen molar-refractivity contribution in [3.8, 4) is 0 Å². The van der Waals surface area contributed by atoms with Gasteiger partial charge in [-0.15, -0.1) is 0 Å². The Morgan fingerprint density at radius 1 is 0.956 bits per heavy atom. The first kappa shape index (κ1) is 36.7. The number of nitrogens with two attached hydrogens (primary N) is 3. The van der Waals surface area contributed by atoms with Crippen molar-refractivity contribution in [3.05, 3.63) is 11.6 Å². The summed E-state index contributed by atoms with van der Waals surface area (Å²) in [5.74, 6) is 5.02. The SMILES string of the molecule is CC(C)CCC[C@@H](C)[C@H]1CC[C@H]2[C@@H]3CC=C4C[C@@H](OC(=O)N(CCCN)C(N)CCNCCCCN)CC[C@]4(C)[C@H]3CC[C@]12C. The van der Waals surface area contributed by atoms with Gasteiger partial charge in [-0.2, -0.15) is 0 Å². The number of hydrogen-bond acceptors (Lipinski definition) is 6. The Kier molecular flexibility index (Phi) is 13.7. The number of carbonyl (C=O) groups is 1. The fraction of sp³-hybridized carbons (Fsp3) is 0.921. The quantitative estimate of drug-likeness (QED) is 0.0768. The fourth-order valence-electron chi connectivity index (χ4n) is 10.5. The lowest BCUT2D eigenvalue weighted by atomic mass is 9.47. The molecule has 4 aliphatic carbocycles. The number of amides is 1. The van der Waals surface area contributed by atoms with E-state index < -0.39 is 0 Å². The van der Waals surface area contributed by atoms with E-state index in [1.54, 1.807) is 10.5 Å². The van der Waals surface area contributed by atoms with Crippen LogP contribution in [0.3, 0.4) is 0 Å². The molecule has 7 N–H and O–H groups in total. The third kappa shape index (κ3) is 8.66. The number of unbranched alkanes of at least 4 members (excludes halogenated alkanes) is 1.